The van der Waals surface area contributed by atoms with Gasteiger partial charge in [-0.2, -0.15) is 0 Å². The number of hydrogen-bond donors (Lipinski definition) is 1. The Kier molecular flexibility index (Phi) is 2.83. The number of benzene rings is 1. The van der Waals surface area contributed by atoms with E-state index in [0.717, 1.165) is 5.56 Å². The number of carbonyl (C=O) groups is 2. The molecule has 0 aromatic heterocycles. The second kappa shape index (κ2) is 4.16. The van der Waals surface area contributed by atoms with Crippen molar-refractivity contribution in [1.29, 1.82) is 0 Å². The number of nitrogens with two attached hydrogens (primary N) is 1. The average Bonchev–Trinajstić information content (AvgIpc) is 2.64. The monoisotopic (exact) mass is 236 g/mol. The molecule has 90 valence electrons. The van der Waals surface area contributed by atoms with Crippen LogP contribution < -0.4 is 10.6 Å². The molecule has 4 nitrogen and oxygen atoms in total. The second-order valence-electron chi connectivity index (χ2n) is 4.26. The third-order valence-electron chi connectivity index (χ3n) is 2.92. The first kappa shape index (κ1) is 11.6. The highest BCUT2D eigenvalue weighted by atomic mass is 19.1. The van der Waals surface area contributed by atoms with E-state index in [0.29, 0.717) is 0 Å². The largest absolute Gasteiger partial charge is 0.369 e. The van der Waals surface area contributed by atoms with Gasteiger partial charge in [-0.15, -0.1) is 0 Å². The molecule has 0 radical (unpaired) electrons. The summed E-state index contributed by atoms with van der Waals surface area (Å²) in [6, 6.07) is 4.54. The molecule has 2 N–H and O–H groups in total. The number of primary amides is 1. The molecule has 2 amide bonds. The van der Waals surface area contributed by atoms with Gasteiger partial charge in [0.15, 0.2) is 0 Å². The van der Waals surface area contributed by atoms with Gasteiger partial charge in [0, 0.05) is 13.0 Å². The van der Waals surface area contributed by atoms with E-state index in [1.165, 1.54) is 11.0 Å². The van der Waals surface area contributed by atoms with Crippen molar-refractivity contribution in [2.75, 3.05) is 11.4 Å². The number of hydrogen-bond acceptors (Lipinski definition) is 2. The molecule has 1 aromatic rings. The van der Waals surface area contributed by atoms with Crippen LogP contribution in [0.25, 0.3) is 0 Å². The van der Waals surface area contributed by atoms with Crippen molar-refractivity contribution in [2.24, 2.45) is 11.7 Å². The van der Waals surface area contributed by atoms with Crippen molar-refractivity contribution in [3.05, 3.63) is 29.6 Å². The predicted octanol–water partition coefficient (Wildman–Crippen LogP) is 0.972. The van der Waals surface area contributed by atoms with Crippen LogP contribution >= 0.6 is 0 Å². The van der Waals surface area contributed by atoms with Gasteiger partial charge in [-0.3, -0.25) is 9.59 Å². The molecule has 17 heavy (non-hydrogen) atoms. The van der Waals surface area contributed by atoms with Gasteiger partial charge in [0.25, 0.3) is 0 Å². The quantitative estimate of drug-likeness (QED) is 0.831. The summed E-state index contributed by atoms with van der Waals surface area (Å²) in [5.41, 5.74) is 6.24. The van der Waals surface area contributed by atoms with Gasteiger partial charge in [-0.25, -0.2) is 4.39 Å². The molecule has 0 spiro atoms. The summed E-state index contributed by atoms with van der Waals surface area (Å²) in [4.78, 5) is 24.0. The first-order valence-electron chi connectivity index (χ1n) is 5.35. The van der Waals surface area contributed by atoms with Crippen LogP contribution in [0.3, 0.4) is 0 Å². The van der Waals surface area contributed by atoms with Crippen molar-refractivity contribution < 1.29 is 14.0 Å². The van der Waals surface area contributed by atoms with E-state index >= 15 is 0 Å². The van der Waals surface area contributed by atoms with Crippen molar-refractivity contribution in [3.8, 4) is 0 Å². The van der Waals surface area contributed by atoms with Crippen LogP contribution in [-0.2, 0) is 9.59 Å². The molecule has 1 aromatic carbocycles. The minimum Gasteiger partial charge on any atom is -0.369 e. The Morgan fingerprint density at radius 2 is 2.24 bits per heavy atom. The van der Waals surface area contributed by atoms with E-state index in [1.54, 1.807) is 12.1 Å². The van der Waals surface area contributed by atoms with Gasteiger partial charge in [0.05, 0.1) is 11.6 Å². The number of anilines is 1. The topological polar surface area (TPSA) is 63.4 Å². The number of aryl methyl sites for hydroxylation is 1. The van der Waals surface area contributed by atoms with Gasteiger partial charge in [-0.05, 0) is 24.6 Å². The molecule has 1 saturated heterocycles. The zero-order chi connectivity index (χ0) is 12.6. The van der Waals surface area contributed by atoms with Crippen molar-refractivity contribution in [2.45, 2.75) is 13.3 Å². The van der Waals surface area contributed by atoms with E-state index in [2.05, 4.69) is 0 Å². The first-order chi connectivity index (χ1) is 7.99. The van der Waals surface area contributed by atoms with Crippen LogP contribution in [0.1, 0.15) is 12.0 Å². The van der Waals surface area contributed by atoms with Gasteiger partial charge in [0.1, 0.15) is 5.82 Å². The summed E-state index contributed by atoms with van der Waals surface area (Å²) in [5, 5.41) is 0. The Bertz CT molecular complexity index is 487. The van der Waals surface area contributed by atoms with E-state index in [9.17, 15) is 14.0 Å². The third-order valence-corrected chi connectivity index (χ3v) is 2.92. The van der Waals surface area contributed by atoms with Crippen molar-refractivity contribution in [1.82, 2.24) is 0 Å². The van der Waals surface area contributed by atoms with Crippen LogP contribution in [-0.4, -0.2) is 18.4 Å². The maximum Gasteiger partial charge on any atom is 0.227 e. The molecule has 1 heterocycles. The highest BCUT2D eigenvalue weighted by Crippen LogP contribution is 2.27. The van der Waals surface area contributed by atoms with E-state index in [-0.39, 0.29) is 24.6 Å². The highest BCUT2D eigenvalue weighted by molar-refractivity contribution is 6.00. The molecular formula is C12H13FN2O2. The zero-order valence-corrected chi connectivity index (χ0v) is 9.44. The molecule has 1 atom stereocenters. The Morgan fingerprint density at radius 1 is 1.53 bits per heavy atom. The summed E-state index contributed by atoms with van der Waals surface area (Å²) in [6.45, 7) is 1.98. The van der Waals surface area contributed by atoms with Crippen LogP contribution in [0.15, 0.2) is 18.2 Å². The van der Waals surface area contributed by atoms with E-state index in [4.69, 9.17) is 5.73 Å². The van der Waals surface area contributed by atoms with Gasteiger partial charge in [-0.1, -0.05) is 6.07 Å². The lowest BCUT2D eigenvalue weighted by Crippen LogP contribution is -2.29. The lowest BCUT2D eigenvalue weighted by atomic mass is 10.1. The smallest absolute Gasteiger partial charge is 0.227 e. The summed E-state index contributed by atoms with van der Waals surface area (Å²) in [7, 11) is 0. The van der Waals surface area contributed by atoms with Crippen molar-refractivity contribution >= 4 is 17.5 Å². The Hall–Kier alpha value is -1.91. The van der Waals surface area contributed by atoms with E-state index in [1.807, 2.05) is 6.92 Å². The maximum absolute atomic E-state index is 13.6. The van der Waals surface area contributed by atoms with Crippen LogP contribution in [0.2, 0.25) is 0 Å². The minimum atomic E-state index is -0.526. The number of carbonyl (C=O) groups excluding carboxylic acids is 2. The lowest BCUT2D eigenvalue weighted by molar-refractivity contribution is -0.123. The van der Waals surface area contributed by atoms with Crippen molar-refractivity contribution in [3.63, 3.8) is 0 Å². The molecule has 2 rings (SSSR count). The Balaban J connectivity index is 2.32. The molecule has 5 heteroatoms. The molecule has 1 aliphatic heterocycles. The maximum atomic E-state index is 13.6. The molecule has 1 aliphatic rings. The normalized spacial score (nSPS) is 19.8. The fraction of sp³-hybridized carbons (Fsp3) is 0.333. The van der Waals surface area contributed by atoms with Crippen LogP contribution in [0.4, 0.5) is 10.1 Å². The fourth-order valence-corrected chi connectivity index (χ4v) is 1.96. The SMILES string of the molecule is Cc1ccc(F)c(N2CC(C(N)=O)CC2=O)c1. The molecule has 0 saturated carbocycles. The lowest BCUT2D eigenvalue weighted by Gasteiger charge is -2.17. The summed E-state index contributed by atoms with van der Waals surface area (Å²) >= 11 is 0. The first-order valence-corrected chi connectivity index (χ1v) is 5.35. The van der Waals surface area contributed by atoms with Gasteiger partial charge >= 0.3 is 0 Å². The van der Waals surface area contributed by atoms with Gasteiger partial charge < -0.3 is 10.6 Å². The Labute approximate surface area is 98.2 Å². The molecule has 1 fully saturated rings. The van der Waals surface area contributed by atoms with Crippen LogP contribution in [0.5, 0.6) is 0 Å². The minimum absolute atomic E-state index is 0.0582. The summed E-state index contributed by atoms with van der Waals surface area (Å²) in [6.07, 6.45) is 0.0582. The number of nitrogens with zero attached hydrogens (tertiary/aromatic N) is 1. The predicted molar refractivity (Wildman–Crippen MR) is 60.8 cm³/mol. The number of amides is 2. The summed E-state index contributed by atoms with van der Waals surface area (Å²) < 4.78 is 13.6. The van der Waals surface area contributed by atoms with Crippen LogP contribution in [0, 0.1) is 18.7 Å². The Morgan fingerprint density at radius 3 is 2.82 bits per heavy atom. The molecule has 0 aliphatic carbocycles. The number of rotatable bonds is 2. The van der Waals surface area contributed by atoms with Gasteiger partial charge in [0.2, 0.25) is 11.8 Å². The second-order valence-corrected chi connectivity index (χ2v) is 4.26. The number of halogens is 1. The zero-order valence-electron chi connectivity index (χ0n) is 9.44. The average molecular weight is 236 g/mol. The molecule has 1 unspecified atom stereocenters. The molecule has 0 bridgehead atoms. The molecular weight excluding hydrogens is 223 g/mol. The fourth-order valence-electron chi connectivity index (χ4n) is 1.96. The summed E-state index contributed by atoms with van der Waals surface area (Å²) in [5.74, 6) is -1.77. The van der Waals surface area contributed by atoms with E-state index < -0.39 is 17.6 Å². The highest BCUT2D eigenvalue weighted by Gasteiger charge is 2.34. The standard InChI is InChI=1S/C12H13FN2O2/c1-7-2-3-9(13)10(4-7)15-6-8(12(14)17)5-11(15)16/h2-4,8H,5-6H2,1H3,(H2,14,17). The third kappa shape index (κ3) is 2.13.